The van der Waals surface area contributed by atoms with E-state index in [1.807, 2.05) is 6.07 Å². The lowest BCUT2D eigenvalue weighted by Crippen LogP contribution is -2.21. The average Bonchev–Trinajstić information content (AvgIpc) is 2.52. The van der Waals surface area contributed by atoms with Crippen LogP contribution in [-0.2, 0) is 6.42 Å². The molecule has 0 saturated heterocycles. The van der Waals surface area contributed by atoms with Gasteiger partial charge in [0.2, 0.25) is 0 Å². The van der Waals surface area contributed by atoms with Gasteiger partial charge >= 0.3 is 0 Å². The maximum absolute atomic E-state index is 5.69. The minimum absolute atomic E-state index is 0.344. The van der Waals surface area contributed by atoms with Gasteiger partial charge in [-0.2, -0.15) is 0 Å². The predicted molar refractivity (Wildman–Crippen MR) is 102 cm³/mol. The molecule has 1 aliphatic carbocycles. The Balaban J connectivity index is 2.33. The lowest BCUT2D eigenvalue weighted by Gasteiger charge is -2.35. The standard InChI is InChI=1S/C22H34O2/c1-15(2)20-17(11-13-19(23-6)21(20)24-7)10-12-18-16(3)9-8-14-22(18,4)5/h11,13,15H,8-10,12,14H2,1-7H3. The molecule has 0 spiro atoms. The third-order valence-corrected chi connectivity index (χ3v) is 5.58. The van der Waals surface area contributed by atoms with E-state index in [-0.39, 0.29) is 0 Å². The van der Waals surface area contributed by atoms with E-state index in [0.29, 0.717) is 11.3 Å². The van der Waals surface area contributed by atoms with Gasteiger partial charge in [0.25, 0.3) is 0 Å². The highest BCUT2D eigenvalue weighted by atomic mass is 16.5. The number of aryl methyl sites for hydroxylation is 1. The normalized spacial score (nSPS) is 17.3. The molecular formula is C22H34O2. The number of allylic oxidation sites excluding steroid dienone is 2. The zero-order valence-corrected chi connectivity index (χ0v) is 16.6. The van der Waals surface area contributed by atoms with E-state index in [1.54, 1.807) is 25.4 Å². The van der Waals surface area contributed by atoms with Crippen molar-refractivity contribution in [3.63, 3.8) is 0 Å². The maximum Gasteiger partial charge on any atom is 0.164 e. The summed E-state index contributed by atoms with van der Waals surface area (Å²) in [4.78, 5) is 0. The van der Waals surface area contributed by atoms with Gasteiger partial charge < -0.3 is 9.47 Å². The quantitative estimate of drug-likeness (QED) is 0.571. The second kappa shape index (κ2) is 7.63. The monoisotopic (exact) mass is 330 g/mol. The summed E-state index contributed by atoms with van der Waals surface area (Å²) in [6.07, 6.45) is 6.12. The number of methoxy groups -OCH3 is 2. The minimum atomic E-state index is 0.344. The van der Waals surface area contributed by atoms with E-state index in [2.05, 4.69) is 40.7 Å². The second-order valence-electron chi connectivity index (χ2n) is 8.02. The Kier molecular flexibility index (Phi) is 6.01. The van der Waals surface area contributed by atoms with Crippen LogP contribution < -0.4 is 9.47 Å². The van der Waals surface area contributed by atoms with Crippen LogP contribution in [0.4, 0.5) is 0 Å². The van der Waals surface area contributed by atoms with Gasteiger partial charge in [-0.25, -0.2) is 0 Å². The Bertz CT molecular complexity index is 609. The highest BCUT2D eigenvalue weighted by Gasteiger charge is 2.28. The molecule has 0 unspecified atom stereocenters. The van der Waals surface area contributed by atoms with E-state index in [1.165, 1.54) is 30.4 Å². The van der Waals surface area contributed by atoms with E-state index in [9.17, 15) is 0 Å². The fourth-order valence-electron chi connectivity index (χ4n) is 4.33. The van der Waals surface area contributed by atoms with Crippen LogP contribution in [0.15, 0.2) is 23.3 Å². The SMILES string of the molecule is COc1ccc(CCC2=C(C)CCCC2(C)C)c(C(C)C)c1OC. The fourth-order valence-corrected chi connectivity index (χ4v) is 4.33. The second-order valence-corrected chi connectivity index (χ2v) is 8.02. The molecule has 134 valence electrons. The summed E-state index contributed by atoms with van der Waals surface area (Å²) in [6.45, 7) is 11.6. The molecule has 0 radical (unpaired) electrons. The topological polar surface area (TPSA) is 18.5 Å². The summed E-state index contributed by atoms with van der Waals surface area (Å²) in [7, 11) is 3.45. The fraction of sp³-hybridized carbons (Fsp3) is 0.636. The Labute approximate surface area is 148 Å². The average molecular weight is 331 g/mol. The van der Waals surface area contributed by atoms with Gasteiger partial charge in [0.05, 0.1) is 14.2 Å². The largest absolute Gasteiger partial charge is 0.493 e. The summed E-state index contributed by atoms with van der Waals surface area (Å²) >= 11 is 0. The van der Waals surface area contributed by atoms with Crippen molar-refractivity contribution in [3.05, 3.63) is 34.4 Å². The van der Waals surface area contributed by atoms with Gasteiger partial charge in [-0.3, -0.25) is 0 Å². The van der Waals surface area contributed by atoms with Gasteiger partial charge in [-0.1, -0.05) is 44.9 Å². The first-order valence-corrected chi connectivity index (χ1v) is 9.24. The number of benzene rings is 1. The summed E-state index contributed by atoms with van der Waals surface area (Å²) in [5.74, 6) is 2.15. The molecule has 2 nitrogen and oxygen atoms in total. The predicted octanol–water partition coefficient (Wildman–Crippen LogP) is 6.29. The van der Waals surface area contributed by atoms with E-state index < -0.39 is 0 Å². The molecule has 24 heavy (non-hydrogen) atoms. The van der Waals surface area contributed by atoms with Crippen molar-refractivity contribution >= 4 is 0 Å². The van der Waals surface area contributed by atoms with E-state index in [4.69, 9.17) is 9.47 Å². The molecule has 1 aromatic carbocycles. The third kappa shape index (κ3) is 3.79. The molecular weight excluding hydrogens is 296 g/mol. The lowest BCUT2D eigenvalue weighted by atomic mass is 9.71. The Morgan fingerprint density at radius 2 is 1.79 bits per heavy atom. The molecule has 0 bridgehead atoms. The number of hydrogen-bond acceptors (Lipinski definition) is 2. The maximum atomic E-state index is 5.69. The highest BCUT2D eigenvalue weighted by Crippen LogP contribution is 2.43. The van der Waals surface area contributed by atoms with Crippen molar-refractivity contribution in [2.75, 3.05) is 14.2 Å². The van der Waals surface area contributed by atoms with Crippen LogP contribution in [0, 0.1) is 5.41 Å². The van der Waals surface area contributed by atoms with Crippen LogP contribution >= 0.6 is 0 Å². The third-order valence-electron chi connectivity index (χ3n) is 5.58. The van der Waals surface area contributed by atoms with Crippen molar-refractivity contribution in [2.24, 2.45) is 5.41 Å². The van der Waals surface area contributed by atoms with Gasteiger partial charge in [-0.15, -0.1) is 0 Å². The molecule has 0 amide bonds. The Hall–Kier alpha value is -1.44. The van der Waals surface area contributed by atoms with Gasteiger partial charge in [-0.05, 0) is 62.0 Å². The van der Waals surface area contributed by atoms with Crippen LogP contribution in [0.2, 0.25) is 0 Å². The van der Waals surface area contributed by atoms with Crippen LogP contribution in [0.5, 0.6) is 11.5 Å². The zero-order chi connectivity index (χ0) is 17.9. The minimum Gasteiger partial charge on any atom is -0.493 e. The van der Waals surface area contributed by atoms with Gasteiger partial charge in [0.15, 0.2) is 11.5 Å². The Morgan fingerprint density at radius 1 is 1.08 bits per heavy atom. The molecule has 1 aromatic rings. The molecule has 0 aromatic heterocycles. The van der Waals surface area contributed by atoms with Crippen LogP contribution in [0.25, 0.3) is 0 Å². The molecule has 0 N–H and O–H groups in total. The van der Waals surface area contributed by atoms with Crippen LogP contribution in [-0.4, -0.2) is 14.2 Å². The molecule has 0 aliphatic heterocycles. The molecule has 0 saturated carbocycles. The number of hydrogen-bond donors (Lipinski definition) is 0. The highest BCUT2D eigenvalue weighted by molar-refractivity contribution is 5.52. The number of rotatable bonds is 6. The lowest BCUT2D eigenvalue weighted by molar-refractivity contribution is 0.348. The van der Waals surface area contributed by atoms with Crippen molar-refractivity contribution in [1.29, 1.82) is 0 Å². The first kappa shape index (κ1) is 18.9. The van der Waals surface area contributed by atoms with Crippen LogP contribution in [0.3, 0.4) is 0 Å². The molecule has 0 heterocycles. The summed E-state index contributed by atoms with van der Waals surface area (Å²) in [5, 5.41) is 0. The number of ether oxygens (including phenoxy) is 2. The summed E-state index contributed by atoms with van der Waals surface area (Å²) in [6, 6.07) is 4.27. The summed E-state index contributed by atoms with van der Waals surface area (Å²) < 4.78 is 11.2. The molecule has 1 aliphatic rings. The van der Waals surface area contributed by atoms with E-state index >= 15 is 0 Å². The summed E-state index contributed by atoms with van der Waals surface area (Å²) in [5.41, 5.74) is 6.31. The molecule has 0 fully saturated rings. The van der Waals surface area contributed by atoms with Gasteiger partial charge in [0.1, 0.15) is 0 Å². The van der Waals surface area contributed by atoms with Crippen molar-refractivity contribution in [2.45, 2.75) is 72.6 Å². The first-order chi connectivity index (χ1) is 11.3. The molecule has 0 atom stereocenters. The Morgan fingerprint density at radius 3 is 2.33 bits per heavy atom. The van der Waals surface area contributed by atoms with Crippen molar-refractivity contribution in [1.82, 2.24) is 0 Å². The van der Waals surface area contributed by atoms with Crippen LogP contribution in [0.1, 0.15) is 77.3 Å². The van der Waals surface area contributed by atoms with Crippen molar-refractivity contribution < 1.29 is 9.47 Å². The first-order valence-electron chi connectivity index (χ1n) is 9.24. The zero-order valence-electron chi connectivity index (χ0n) is 16.6. The van der Waals surface area contributed by atoms with Gasteiger partial charge in [0, 0.05) is 5.56 Å². The van der Waals surface area contributed by atoms with Crippen molar-refractivity contribution in [3.8, 4) is 11.5 Å². The molecule has 2 heteroatoms. The molecule has 2 rings (SSSR count). The smallest absolute Gasteiger partial charge is 0.164 e. The van der Waals surface area contributed by atoms with E-state index in [0.717, 1.165) is 24.3 Å².